The van der Waals surface area contributed by atoms with Crippen molar-refractivity contribution in [3.8, 4) is 0 Å². The van der Waals surface area contributed by atoms with Crippen LogP contribution in [0, 0.1) is 11.3 Å². The first-order valence-electron chi connectivity index (χ1n) is 9.75. The third-order valence-corrected chi connectivity index (χ3v) is 5.16. The van der Waals surface area contributed by atoms with Crippen molar-refractivity contribution in [2.75, 3.05) is 5.32 Å². The highest BCUT2D eigenvalue weighted by molar-refractivity contribution is 6.19. The fourth-order valence-electron chi connectivity index (χ4n) is 3.69. The minimum Gasteiger partial charge on any atom is -0.412 e. The number of hydrogen-bond acceptors (Lipinski definition) is 5. The molecule has 1 heterocycles. The van der Waals surface area contributed by atoms with Crippen molar-refractivity contribution in [3.63, 3.8) is 0 Å². The number of benzodiazepines with no additional fused rings is 1. The molecule has 2 aromatic carbocycles. The van der Waals surface area contributed by atoms with Crippen molar-refractivity contribution in [2.45, 2.75) is 31.8 Å². The molecule has 0 bridgehead atoms. The van der Waals surface area contributed by atoms with Gasteiger partial charge in [-0.3, -0.25) is 10.2 Å². The van der Waals surface area contributed by atoms with Crippen molar-refractivity contribution in [1.82, 2.24) is 0 Å². The molecule has 1 aliphatic heterocycles. The molecule has 4 rings (SSSR count). The molecule has 2 aliphatic rings. The Morgan fingerprint density at radius 2 is 1.79 bits per heavy atom. The van der Waals surface area contributed by atoms with E-state index in [4.69, 9.17) is 15.9 Å². The summed E-state index contributed by atoms with van der Waals surface area (Å²) in [4.78, 5) is 21.5. The maximum absolute atomic E-state index is 12.7. The van der Waals surface area contributed by atoms with Gasteiger partial charge in [0.25, 0.3) is 11.9 Å². The predicted octanol–water partition coefficient (Wildman–Crippen LogP) is 3.30. The first kappa shape index (κ1) is 18.9. The number of nitrogens with zero attached hydrogens (tertiary/aromatic N) is 2. The number of rotatable bonds is 3. The number of aliphatic imine (C=N–C) groups is 2. The van der Waals surface area contributed by atoms with Crippen LogP contribution in [0.5, 0.6) is 0 Å². The number of nitrogens with one attached hydrogen (secondary N) is 2. The van der Waals surface area contributed by atoms with Crippen molar-refractivity contribution in [2.24, 2.45) is 21.6 Å². The van der Waals surface area contributed by atoms with Crippen LogP contribution in [0.15, 0.2) is 64.6 Å². The molecular weight excluding hydrogens is 366 g/mol. The van der Waals surface area contributed by atoms with Crippen LogP contribution in [0.4, 0.5) is 5.69 Å². The lowest BCUT2D eigenvalue weighted by molar-refractivity contribution is -0.117. The average molecular weight is 389 g/mol. The monoisotopic (exact) mass is 389 g/mol. The fraction of sp³-hybridized carbons (Fsp3) is 0.273. The van der Waals surface area contributed by atoms with Gasteiger partial charge in [-0.15, -0.1) is 0 Å². The second kappa shape index (κ2) is 8.26. The largest absolute Gasteiger partial charge is 0.412 e. The second-order valence-electron chi connectivity index (χ2n) is 7.17. The molecule has 0 saturated heterocycles. The maximum Gasteiger partial charge on any atom is 0.291 e. The van der Waals surface area contributed by atoms with E-state index in [1.807, 2.05) is 54.6 Å². The molecule has 1 fully saturated rings. The van der Waals surface area contributed by atoms with Crippen LogP contribution in [0.3, 0.4) is 0 Å². The number of para-hydroxylation sites is 1. The van der Waals surface area contributed by atoms with Gasteiger partial charge in [-0.1, -0.05) is 61.4 Å². The molecule has 0 aromatic heterocycles. The van der Waals surface area contributed by atoms with Gasteiger partial charge in [-0.25, -0.2) is 4.99 Å². The Balaban J connectivity index is 1.66. The van der Waals surface area contributed by atoms with E-state index in [-0.39, 0.29) is 17.8 Å². The Bertz CT molecular complexity index is 978. The number of amidine groups is 1. The summed E-state index contributed by atoms with van der Waals surface area (Å²) in [5, 5.41) is 10.9. The molecule has 4 N–H and O–H groups in total. The second-order valence-corrected chi connectivity index (χ2v) is 7.17. The van der Waals surface area contributed by atoms with Crippen LogP contribution in [0.1, 0.15) is 36.8 Å². The molecule has 148 valence electrons. The van der Waals surface area contributed by atoms with Crippen molar-refractivity contribution in [3.05, 3.63) is 65.7 Å². The molecule has 1 unspecified atom stereocenters. The minimum atomic E-state index is -1.10. The normalized spacial score (nSPS) is 19.7. The van der Waals surface area contributed by atoms with Crippen LogP contribution < -0.4 is 11.1 Å². The third kappa shape index (κ3) is 4.18. The molecule has 29 heavy (non-hydrogen) atoms. The summed E-state index contributed by atoms with van der Waals surface area (Å²) >= 11 is 0. The Morgan fingerprint density at radius 3 is 2.55 bits per heavy atom. The van der Waals surface area contributed by atoms with Gasteiger partial charge in [0.05, 0.1) is 11.4 Å². The van der Waals surface area contributed by atoms with Crippen LogP contribution >= 0.6 is 0 Å². The van der Waals surface area contributed by atoms with Crippen LogP contribution in [0.2, 0.25) is 0 Å². The molecular formula is C22H23N5O2. The van der Waals surface area contributed by atoms with Crippen molar-refractivity contribution in [1.29, 1.82) is 5.41 Å². The lowest BCUT2D eigenvalue weighted by Gasteiger charge is -2.13. The fourth-order valence-corrected chi connectivity index (χ4v) is 3.69. The lowest BCUT2D eigenvalue weighted by Crippen LogP contribution is -2.30. The summed E-state index contributed by atoms with van der Waals surface area (Å²) in [6, 6.07) is 16.9. The molecule has 1 saturated carbocycles. The SMILES string of the molecule is N=C(O/C(N)=N/C1N=C(c2ccccc2)c2ccccc2NC1=O)C1CCCC1. The highest BCUT2D eigenvalue weighted by Crippen LogP contribution is 2.26. The smallest absolute Gasteiger partial charge is 0.291 e. The zero-order valence-corrected chi connectivity index (χ0v) is 16.0. The highest BCUT2D eigenvalue weighted by atomic mass is 16.5. The maximum atomic E-state index is 12.7. The lowest BCUT2D eigenvalue weighted by atomic mass is 10.0. The van der Waals surface area contributed by atoms with Crippen molar-refractivity contribution < 1.29 is 9.53 Å². The number of benzene rings is 2. The predicted molar refractivity (Wildman–Crippen MR) is 113 cm³/mol. The topological polar surface area (TPSA) is 113 Å². The Morgan fingerprint density at radius 1 is 1.10 bits per heavy atom. The van der Waals surface area contributed by atoms with Crippen LogP contribution in [-0.4, -0.2) is 29.7 Å². The molecule has 7 nitrogen and oxygen atoms in total. The van der Waals surface area contributed by atoms with E-state index in [0.717, 1.165) is 36.8 Å². The first-order chi connectivity index (χ1) is 14.1. The summed E-state index contributed by atoms with van der Waals surface area (Å²) in [6.45, 7) is 0. The number of amides is 1. The molecule has 7 heteroatoms. The van der Waals surface area contributed by atoms with E-state index < -0.39 is 12.1 Å². The summed E-state index contributed by atoms with van der Waals surface area (Å²) < 4.78 is 5.41. The summed E-state index contributed by atoms with van der Waals surface area (Å²) in [5.74, 6) is -0.227. The molecule has 1 amide bonds. The van der Waals surface area contributed by atoms with E-state index in [1.165, 1.54) is 0 Å². The zero-order valence-electron chi connectivity index (χ0n) is 16.0. The molecule has 2 aromatic rings. The molecule has 0 radical (unpaired) electrons. The van der Waals surface area contributed by atoms with E-state index in [0.29, 0.717) is 11.4 Å². The van der Waals surface area contributed by atoms with Gasteiger partial charge in [0.1, 0.15) is 0 Å². The van der Waals surface area contributed by atoms with Gasteiger partial charge in [-0.05, 0) is 18.9 Å². The van der Waals surface area contributed by atoms with Crippen LogP contribution in [0.25, 0.3) is 0 Å². The number of anilines is 1. The van der Waals surface area contributed by atoms with Gasteiger partial charge in [0.15, 0.2) is 5.90 Å². The number of ether oxygens (including phenoxy) is 1. The minimum absolute atomic E-state index is 0.0688. The number of hydrogen-bond donors (Lipinski definition) is 3. The molecule has 1 atom stereocenters. The summed E-state index contributed by atoms with van der Waals surface area (Å²) in [6.07, 6.45) is 2.90. The molecule has 1 aliphatic carbocycles. The van der Waals surface area contributed by atoms with E-state index in [2.05, 4.69) is 15.3 Å². The molecule has 0 spiro atoms. The Kier molecular flexibility index (Phi) is 5.37. The average Bonchev–Trinajstić information content (AvgIpc) is 3.23. The van der Waals surface area contributed by atoms with Crippen LogP contribution in [-0.2, 0) is 9.53 Å². The van der Waals surface area contributed by atoms with Gasteiger partial charge >= 0.3 is 0 Å². The Labute approximate surface area is 169 Å². The Hall–Kier alpha value is -3.48. The van der Waals surface area contributed by atoms with E-state index >= 15 is 0 Å². The summed E-state index contributed by atoms with van der Waals surface area (Å²) in [5.41, 5.74) is 8.90. The quantitative estimate of drug-likeness (QED) is 0.553. The highest BCUT2D eigenvalue weighted by Gasteiger charge is 2.27. The van der Waals surface area contributed by atoms with E-state index in [1.54, 1.807) is 0 Å². The standard InChI is InChI=1S/C22H23N5O2/c23-19(15-10-4-5-11-15)29-22(24)27-20-21(28)25-17-13-7-6-12-16(17)18(26-20)14-8-2-1-3-9-14/h1-3,6-9,12-13,15,20,23H,4-5,10-11H2,(H2,24,27)(H,25,28). The van der Waals surface area contributed by atoms with Crippen molar-refractivity contribution >= 4 is 29.2 Å². The van der Waals surface area contributed by atoms with Gasteiger partial charge in [0, 0.05) is 17.0 Å². The number of fused-ring (bicyclic) bond motifs is 1. The zero-order chi connectivity index (χ0) is 20.2. The van der Waals surface area contributed by atoms with Gasteiger partial charge in [-0.2, -0.15) is 4.99 Å². The van der Waals surface area contributed by atoms with Gasteiger partial charge < -0.3 is 15.8 Å². The number of nitrogens with two attached hydrogens (primary N) is 1. The summed E-state index contributed by atoms with van der Waals surface area (Å²) in [7, 11) is 0. The third-order valence-electron chi connectivity index (χ3n) is 5.16. The van der Waals surface area contributed by atoms with E-state index in [9.17, 15) is 4.79 Å². The van der Waals surface area contributed by atoms with Gasteiger partial charge in [0.2, 0.25) is 6.17 Å². The number of carbonyl (C=O) groups is 1. The first-order valence-corrected chi connectivity index (χ1v) is 9.75. The number of carbonyl (C=O) groups excluding carboxylic acids is 1.